The van der Waals surface area contributed by atoms with Crippen molar-refractivity contribution < 1.29 is 13.2 Å². The predicted octanol–water partition coefficient (Wildman–Crippen LogP) is 1.21. The van der Waals surface area contributed by atoms with Gasteiger partial charge in [-0.05, 0) is 23.9 Å². The van der Waals surface area contributed by atoms with Gasteiger partial charge in [-0.1, -0.05) is 11.7 Å². The molecule has 1 atom stereocenters. The number of halogens is 3. The molecule has 0 aromatic heterocycles. The summed E-state index contributed by atoms with van der Waals surface area (Å²) < 4.78 is 40.2. The highest BCUT2D eigenvalue weighted by atomic mass is 33.1. The van der Waals surface area contributed by atoms with Gasteiger partial charge < -0.3 is 5.32 Å². The van der Waals surface area contributed by atoms with Crippen LogP contribution in [0.1, 0.15) is 6.42 Å². The van der Waals surface area contributed by atoms with Crippen molar-refractivity contribution in [1.82, 2.24) is 14.9 Å². The van der Waals surface area contributed by atoms with E-state index in [1.165, 1.54) is 4.90 Å². The van der Waals surface area contributed by atoms with E-state index in [1.54, 1.807) is 0 Å². The van der Waals surface area contributed by atoms with Gasteiger partial charge in [0.05, 0.1) is 6.67 Å². The lowest BCUT2D eigenvalue weighted by Gasteiger charge is -2.36. The van der Waals surface area contributed by atoms with Crippen molar-refractivity contribution in [2.75, 3.05) is 19.9 Å². The Bertz CT molecular complexity index is 178. The maximum Gasteiger partial charge on any atom is 0.404 e. The largest absolute Gasteiger partial charge is 0.404 e. The standard InChI is InChI=1S/C6H12F3N3S2/c7-6(8,9)5-1-2-10-3-12(5)4-11-14-13/h5,10-11,13H,1-4H2. The Kier molecular flexibility index (Phi) is 4.84. The van der Waals surface area contributed by atoms with E-state index in [-0.39, 0.29) is 19.8 Å². The molecule has 1 aliphatic rings. The van der Waals surface area contributed by atoms with Crippen LogP contribution in [0.4, 0.5) is 13.2 Å². The monoisotopic (exact) mass is 247 g/mol. The fourth-order valence-corrected chi connectivity index (χ4v) is 1.80. The van der Waals surface area contributed by atoms with Crippen molar-refractivity contribution in [1.29, 1.82) is 0 Å². The second-order valence-corrected chi connectivity index (χ2v) is 4.01. The van der Waals surface area contributed by atoms with Gasteiger partial charge in [-0.3, -0.25) is 4.90 Å². The molecule has 1 fully saturated rings. The van der Waals surface area contributed by atoms with Crippen LogP contribution in [0.15, 0.2) is 0 Å². The molecule has 0 radical (unpaired) electrons. The molecule has 0 aromatic carbocycles. The third-order valence-corrected chi connectivity index (χ3v) is 2.71. The lowest BCUT2D eigenvalue weighted by molar-refractivity contribution is -0.191. The molecule has 1 heterocycles. The molecule has 0 saturated carbocycles. The van der Waals surface area contributed by atoms with Crippen molar-refractivity contribution in [3.8, 4) is 0 Å². The van der Waals surface area contributed by atoms with Crippen molar-refractivity contribution >= 4 is 22.6 Å². The highest BCUT2D eigenvalue weighted by molar-refractivity contribution is 8.67. The Morgan fingerprint density at radius 3 is 2.86 bits per heavy atom. The van der Waals surface area contributed by atoms with Gasteiger partial charge in [-0.15, -0.1) is 0 Å². The second kappa shape index (κ2) is 5.45. The minimum atomic E-state index is -4.15. The minimum Gasteiger partial charge on any atom is -0.304 e. The van der Waals surface area contributed by atoms with E-state index >= 15 is 0 Å². The summed E-state index contributed by atoms with van der Waals surface area (Å²) in [7, 11) is 1.02. The molecule has 2 N–H and O–H groups in total. The van der Waals surface area contributed by atoms with Gasteiger partial charge in [0.15, 0.2) is 0 Å². The number of nitrogens with one attached hydrogen (secondary N) is 2. The van der Waals surface area contributed by atoms with E-state index in [2.05, 4.69) is 21.7 Å². The Labute approximate surface area is 89.7 Å². The Hall–Kier alpha value is 0.370. The van der Waals surface area contributed by atoms with Crippen molar-refractivity contribution in [2.24, 2.45) is 0 Å². The molecule has 8 heteroatoms. The summed E-state index contributed by atoms with van der Waals surface area (Å²) in [5.41, 5.74) is 0. The predicted molar refractivity (Wildman–Crippen MR) is 53.7 cm³/mol. The summed E-state index contributed by atoms with van der Waals surface area (Å²) in [6.45, 7) is 0.839. The molecule has 84 valence electrons. The molecule has 1 saturated heterocycles. The number of thiol groups is 1. The van der Waals surface area contributed by atoms with E-state index in [1.807, 2.05) is 0 Å². The molecule has 1 unspecified atom stereocenters. The first-order valence-electron chi connectivity index (χ1n) is 4.10. The first-order valence-corrected chi connectivity index (χ1v) is 5.97. The maximum absolute atomic E-state index is 12.5. The summed E-state index contributed by atoms with van der Waals surface area (Å²) in [5.74, 6) is 0. The lowest BCUT2D eigenvalue weighted by Crippen LogP contribution is -2.56. The summed E-state index contributed by atoms with van der Waals surface area (Å²) in [5, 5.41) is 2.90. The zero-order valence-corrected chi connectivity index (χ0v) is 9.05. The van der Waals surface area contributed by atoms with Crippen LogP contribution >= 0.6 is 22.6 Å². The number of alkyl halides is 3. The van der Waals surface area contributed by atoms with Crippen LogP contribution in [0.5, 0.6) is 0 Å². The van der Waals surface area contributed by atoms with Crippen LogP contribution in [0.3, 0.4) is 0 Å². The number of nitrogens with zero attached hydrogens (tertiary/aromatic N) is 1. The van der Waals surface area contributed by atoms with Gasteiger partial charge in [0, 0.05) is 6.67 Å². The summed E-state index contributed by atoms with van der Waals surface area (Å²) >= 11 is 3.80. The first kappa shape index (κ1) is 12.4. The maximum atomic E-state index is 12.5. The quantitative estimate of drug-likeness (QED) is 0.397. The van der Waals surface area contributed by atoms with E-state index in [4.69, 9.17) is 0 Å². The average Bonchev–Trinajstić information content (AvgIpc) is 2.14. The van der Waals surface area contributed by atoms with Crippen LogP contribution in [0.2, 0.25) is 0 Å². The molecule has 0 aromatic rings. The molecule has 1 rings (SSSR count). The fourth-order valence-electron chi connectivity index (χ4n) is 1.40. The van der Waals surface area contributed by atoms with Crippen LogP contribution in [-0.2, 0) is 0 Å². The van der Waals surface area contributed by atoms with Gasteiger partial charge in [-0.2, -0.15) is 13.2 Å². The zero-order chi connectivity index (χ0) is 10.6. The van der Waals surface area contributed by atoms with Crippen molar-refractivity contribution in [3.63, 3.8) is 0 Å². The molecule has 0 aliphatic carbocycles. The Morgan fingerprint density at radius 1 is 1.57 bits per heavy atom. The van der Waals surface area contributed by atoms with Gasteiger partial charge in [-0.25, -0.2) is 4.72 Å². The second-order valence-electron chi connectivity index (χ2n) is 2.99. The minimum absolute atomic E-state index is 0.0996. The fraction of sp³-hybridized carbons (Fsp3) is 1.00. The van der Waals surface area contributed by atoms with E-state index in [9.17, 15) is 13.2 Å². The summed E-state index contributed by atoms with van der Waals surface area (Å²) in [6, 6.07) is -1.35. The lowest BCUT2D eigenvalue weighted by atomic mass is 10.1. The first-order chi connectivity index (χ1) is 6.55. The van der Waals surface area contributed by atoms with Crippen molar-refractivity contribution in [2.45, 2.75) is 18.6 Å². The Morgan fingerprint density at radius 2 is 2.29 bits per heavy atom. The van der Waals surface area contributed by atoms with Gasteiger partial charge in [0.2, 0.25) is 0 Å². The SMILES string of the molecule is FC(F)(F)C1CCNCN1CNSS. The number of hydrogen-bond acceptors (Lipinski definition) is 5. The molecule has 3 nitrogen and oxygen atoms in total. The van der Waals surface area contributed by atoms with Crippen LogP contribution < -0.4 is 10.0 Å². The van der Waals surface area contributed by atoms with Crippen LogP contribution in [0.25, 0.3) is 0 Å². The molecule has 0 spiro atoms. The summed E-state index contributed by atoms with van der Waals surface area (Å²) in [6.07, 6.45) is -4.05. The average molecular weight is 247 g/mol. The van der Waals surface area contributed by atoms with Crippen LogP contribution in [-0.4, -0.2) is 37.0 Å². The number of rotatable bonds is 3. The number of hydrogen-bond donors (Lipinski definition) is 3. The van der Waals surface area contributed by atoms with Crippen LogP contribution in [0, 0.1) is 0 Å². The highest BCUT2D eigenvalue weighted by Crippen LogP contribution is 2.27. The third-order valence-electron chi connectivity index (χ3n) is 2.06. The molecule has 14 heavy (non-hydrogen) atoms. The molecular weight excluding hydrogens is 235 g/mol. The van der Waals surface area contributed by atoms with Gasteiger partial charge >= 0.3 is 6.18 Å². The highest BCUT2D eigenvalue weighted by Gasteiger charge is 2.44. The van der Waals surface area contributed by atoms with E-state index < -0.39 is 12.2 Å². The van der Waals surface area contributed by atoms with E-state index in [0.717, 1.165) is 11.0 Å². The topological polar surface area (TPSA) is 27.3 Å². The Balaban J connectivity index is 2.50. The zero-order valence-electron chi connectivity index (χ0n) is 7.34. The van der Waals surface area contributed by atoms with E-state index in [0.29, 0.717) is 6.54 Å². The molecular formula is C6H12F3N3S2. The third kappa shape index (κ3) is 3.50. The van der Waals surface area contributed by atoms with Crippen molar-refractivity contribution in [3.05, 3.63) is 0 Å². The smallest absolute Gasteiger partial charge is 0.304 e. The van der Waals surface area contributed by atoms with Gasteiger partial charge in [0.1, 0.15) is 6.04 Å². The normalized spacial score (nSPS) is 25.3. The molecule has 0 bridgehead atoms. The molecule has 0 amide bonds. The summed E-state index contributed by atoms with van der Waals surface area (Å²) in [4.78, 5) is 1.31. The van der Waals surface area contributed by atoms with Gasteiger partial charge in [0.25, 0.3) is 0 Å². The molecule has 1 aliphatic heterocycles.